The highest BCUT2D eigenvalue weighted by Crippen LogP contribution is 2.22. The van der Waals surface area contributed by atoms with Crippen LogP contribution >= 0.6 is 11.8 Å². The zero-order valence-corrected chi connectivity index (χ0v) is 12.7. The number of carbonyl (C=O) groups is 2. The van der Waals surface area contributed by atoms with Crippen LogP contribution in [-0.4, -0.2) is 35.0 Å². The van der Waals surface area contributed by atoms with Gasteiger partial charge in [-0.1, -0.05) is 55.9 Å². The molecule has 0 atom stereocenters. The Morgan fingerprint density at radius 3 is 2.50 bits per heavy atom. The molecule has 0 aliphatic carbocycles. The molecule has 0 bridgehead atoms. The molecule has 0 radical (unpaired) electrons. The van der Waals surface area contributed by atoms with Crippen LogP contribution in [0.5, 0.6) is 0 Å². The van der Waals surface area contributed by atoms with Crippen molar-refractivity contribution in [3.63, 3.8) is 0 Å². The molecule has 5 heteroatoms. The zero-order valence-electron chi connectivity index (χ0n) is 11.9. The van der Waals surface area contributed by atoms with Gasteiger partial charge in [-0.05, 0) is 5.56 Å². The number of carbonyl (C=O) groups excluding carboxylic acids is 2. The van der Waals surface area contributed by atoms with Crippen molar-refractivity contribution in [3.05, 3.63) is 35.9 Å². The van der Waals surface area contributed by atoms with Crippen LogP contribution < -0.4 is 5.32 Å². The monoisotopic (exact) mass is 295 g/mol. The van der Waals surface area contributed by atoms with Crippen molar-refractivity contribution in [2.24, 2.45) is 5.41 Å². The number of hydrogen-bond donors (Lipinski definition) is 2. The molecule has 0 spiro atoms. The van der Waals surface area contributed by atoms with E-state index in [1.54, 1.807) is 13.8 Å². The van der Waals surface area contributed by atoms with Crippen LogP contribution in [0.3, 0.4) is 0 Å². The van der Waals surface area contributed by atoms with Crippen LogP contribution in [0.4, 0.5) is 0 Å². The van der Waals surface area contributed by atoms with Gasteiger partial charge in [-0.3, -0.25) is 9.59 Å². The van der Waals surface area contributed by atoms with Gasteiger partial charge in [0.25, 0.3) is 0 Å². The van der Waals surface area contributed by atoms with Gasteiger partial charge in [0.2, 0.25) is 5.91 Å². The average Bonchev–Trinajstić information content (AvgIpc) is 2.43. The fraction of sp³-hybridized carbons (Fsp3) is 0.467. The maximum absolute atomic E-state index is 11.9. The van der Waals surface area contributed by atoms with E-state index in [4.69, 9.17) is 5.11 Å². The number of aliphatic hydroxyl groups is 1. The Labute approximate surface area is 124 Å². The largest absolute Gasteiger partial charge is 0.396 e. The van der Waals surface area contributed by atoms with Crippen LogP contribution in [0.2, 0.25) is 0 Å². The van der Waals surface area contributed by atoms with E-state index in [2.05, 4.69) is 5.32 Å². The standard InChI is InChI=1S/C15H21NO3S/c1-15(2,14(19)20-9-8-17)11-16-13(18)10-12-6-4-3-5-7-12/h3-7,17H,8-11H2,1-2H3,(H,16,18). The number of benzene rings is 1. The third-order valence-corrected chi connectivity index (χ3v) is 4.01. The average molecular weight is 295 g/mol. The molecular weight excluding hydrogens is 274 g/mol. The molecule has 2 N–H and O–H groups in total. The second-order valence-electron chi connectivity index (χ2n) is 5.18. The minimum Gasteiger partial charge on any atom is -0.396 e. The van der Waals surface area contributed by atoms with E-state index in [0.717, 1.165) is 17.3 Å². The van der Waals surface area contributed by atoms with E-state index >= 15 is 0 Å². The lowest BCUT2D eigenvalue weighted by Gasteiger charge is -2.22. The Balaban J connectivity index is 2.41. The summed E-state index contributed by atoms with van der Waals surface area (Å²) in [6.07, 6.45) is 0.314. The van der Waals surface area contributed by atoms with E-state index < -0.39 is 5.41 Å². The summed E-state index contributed by atoms with van der Waals surface area (Å²) in [6, 6.07) is 9.48. The fourth-order valence-corrected chi connectivity index (χ4v) is 2.31. The SMILES string of the molecule is CC(C)(CNC(=O)Cc1ccccc1)C(=O)SCCO. The molecule has 0 saturated heterocycles. The summed E-state index contributed by atoms with van der Waals surface area (Å²) in [7, 11) is 0. The van der Waals surface area contributed by atoms with Crippen molar-refractivity contribution in [1.29, 1.82) is 0 Å². The summed E-state index contributed by atoms with van der Waals surface area (Å²) >= 11 is 1.10. The predicted molar refractivity (Wildman–Crippen MR) is 81.5 cm³/mol. The van der Waals surface area contributed by atoms with E-state index in [1.807, 2.05) is 30.3 Å². The summed E-state index contributed by atoms with van der Waals surface area (Å²) in [5.41, 5.74) is 0.315. The van der Waals surface area contributed by atoms with Gasteiger partial charge in [0.05, 0.1) is 18.4 Å². The molecule has 1 amide bonds. The van der Waals surface area contributed by atoms with Crippen molar-refractivity contribution in [3.8, 4) is 0 Å². The summed E-state index contributed by atoms with van der Waals surface area (Å²) in [5.74, 6) is 0.296. The summed E-state index contributed by atoms with van der Waals surface area (Å²) in [5, 5.41) is 11.5. The molecule has 0 saturated carbocycles. The molecule has 0 fully saturated rings. The normalized spacial score (nSPS) is 11.2. The molecule has 0 aliphatic rings. The molecule has 1 aromatic carbocycles. The van der Waals surface area contributed by atoms with Gasteiger partial charge >= 0.3 is 0 Å². The van der Waals surface area contributed by atoms with Crippen molar-refractivity contribution in [2.75, 3.05) is 18.9 Å². The minimum absolute atomic E-state index is 0.0210. The number of amides is 1. The third kappa shape index (κ3) is 5.75. The quantitative estimate of drug-likeness (QED) is 0.802. The molecule has 0 unspecified atom stereocenters. The Hall–Kier alpha value is -1.33. The smallest absolute Gasteiger partial charge is 0.224 e. The maximum atomic E-state index is 11.9. The van der Waals surface area contributed by atoms with Crippen LogP contribution in [0.15, 0.2) is 30.3 Å². The van der Waals surface area contributed by atoms with Crippen molar-refractivity contribution >= 4 is 22.8 Å². The molecule has 20 heavy (non-hydrogen) atoms. The van der Waals surface area contributed by atoms with Crippen LogP contribution in [0, 0.1) is 5.41 Å². The van der Waals surface area contributed by atoms with Gasteiger partial charge in [-0.25, -0.2) is 0 Å². The Morgan fingerprint density at radius 1 is 1.25 bits per heavy atom. The highest BCUT2D eigenvalue weighted by Gasteiger charge is 2.28. The Morgan fingerprint density at radius 2 is 1.90 bits per heavy atom. The first-order valence-corrected chi connectivity index (χ1v) is 7.53. The molecule has 0 heterocycles. The molecule has 110 valence electrons. The molecule has 1 rings (SSSR count). The Kier molecular flexibility index (Phi) is 6.75. The minimum atomic E-state index is -0.633. The zero-order chi connectivity index (χ0) is 15.0. The van der Waals surface area contributed by atoms with E-state index in [0.29, 0.717) is 18.7 Å². The Bertz CT molecular complexity index is 446. The van der Waals surface area contributed by atoms with Gasteiger partial charge < -0.3 is 10.4 Å². The number of nitrogens with one attached hydrogen (secondary N) is 1. The summed E-state index contributed by atoms with van der Waals surface area (Å²) in [4.78, 5) is 23.7. The number of rotatable bonds is 7. The van der Waals surface area contributed by atoms with Crippen molar-refractivity contribution in [1.82, 2.24) is 5.32 Å². The topological polar surface area (TPSA) is 66.4 Å². The molecule has 1 aromatic rings. The number of thioether (sulfide) groups is 1. The predicted octanol–water partition coefficient (Wildman–Crippen LogP) is 1.62. The first kappa shape index (κ1) is 16.7. The maximum Gasteiger partial charge on any atom is 0.224 e. The summed E-state index contributed by atoms with van der Waals surface area (Å²) < 4.78 is 0. The summed E-state index contributed by atoms with van der Waals surface area (Å²) in [6.45, 7) is 3.87. The van der Waals surface area contributed by atoms with E-state index in [1.165, 1.54) is 0 Å². The number of hydrogen-bond acceptors (Lipinski definition) is 4. The molecular formula is C15H21NO3S. The number of aliphatic hydroxyl groups excluding tert-OH is 1. The highest BCUT2D eigenvalue weighted by atomic mass is 32.2. The van der Waals surface area contributed by atoms with Gasteiger partial charge in [-0.15, -0.1) is 0 Å². The van der Waals surface area contributed by atoms with Crippen molar-refractivity contribution in [2.45, 2.75) is 20.3 Å². The van der Waals surface area contributed by atoms with Gasteiger partial charge in [0.15, 0.2) is 5.12 Å². The van der Waals surface area contributed by atoms with Crippen LogP contribution in [0.25, 0.3) is 0 Å². The molecule has 0 aliphatic heterocycles. The van der Waals surface area contributed by atoms with Crippen molar-refractivity contribution < 1.29 is 14.7 Å². The molecule has 0 aromatic heterocycles. The fourth-order valence-electron chi connectivity index (χ4n) is 1.57. The van der Waals surface area contributed by atoms with Gasteiger partial charge in [0.1, 0.15) is 0 Å². The third-order valence-electron chi connectivity index (χ3n) is 2.81. The lowest BCUT2D eigenvalue weighted by Crippen LogP contribution is -2.38. The first-order valence-electron chi connectivity index (χ1n) is 6.54. The van der Waals surface area contributed by atoms with E-state index in [-0.39, 0.29) is 17.6 Å². The lowest BCUT2D eigenvalue weighted by atomic mass is 9.95. The van der Waals surface area contributed by atoms with Crippen LogP contribution in [0.1, 0.15) is 19.4 Å². The van der Waals surface area contributed by atoms with Gasteiger partial charge in [0, 0.05) is 12.3 Å². The second kappa shape index (κ2) is 8.07. The first-order chi connectivity index (χ1) is 9.45. The van der Waals surface area contributed by atoms with Gasteiger partial charge in [-0.2, -0.15) is 0 Å². The highest BCUT2D eigenvalue weighted by molar-refractivity contribution is 8.13. The van der Waals surface area contributed by atoms with Crippen LogP contribution in [-0.2, 0) is 16.0 Å². The molecule has 4 nitrogen and oxygen atoms in total. The second-order valence-corrected chi connectivity index (χ2v) is 6.25. The van der Waals surface area contributed by atoms with E-state index in [9.17, 15) is 9.59 Å². The lowest BCUT2D eigenvalue weighted by molar-refractivity contribution is -0.122.